The zero-order valence-electron chi connectivity index (χ0n) is 22.0. The van der Waals surface area contributed by atoms with Crippen molar-refractivity contribution in [2.45, 2.75) is 25.0 Å². The van der Waals surface area contributed by atoms with Crippen molar-refractivity contribution in [3.8, 4) is 5.75 Å². The Morgan fingerprint density at radius 2 is 1.82 bits per heavy atom. The van der Waals surface area contributed by atoms with E-state index in [0.717, 1.165) is 49.7 Å². The fourth-order valence-corrected chi connectivity index (χ4v) is 5.76. The molecule has 0 amide bonds. The highest BCUT2D eigenvalue weighted by Gasteiger charge is 2.45. The van der Waals surface area contributed by atoms with Gasteiger partial charge in [0.25, 0.3) is 0 Å². The zero-order valence-corrected chi connectivity index (χ0v) is 23.5. The van der Waals surface area contributed by atoms with Crippen molar-refractivity contribution >= 4 is 28.9 Å². The number of pyridine rings is 1. The van der Waals surface area contributed by atoms with Gasteiger partial charge in [0, 0.05) is 67.6 Å². The van der Waals surface area contributed by atoms with Crippen LogP contribution in [0.5, 0.6) is 5.75 Å². The number of hydrogen-bond acceptors (Lipinski definition) is 7. The molecular weight excluding hydrogens is 549 g/mol. The maximum Gasteiger partial charge on any atom is 0.215 e. The van der Waals surface area contributed by atoms with Gasteiger partial charge in [-0.05, 0) is 48.5 Å². The largest absolute Gasteiger partial charge is 0.491 e. The van der Waals surface area contributed by atoms with Gasteiger partial charge >= 0.3 is 0 Å². The third-order valence-corrected chi connectivity index (χ3v) is 7.82. The van der Waals surface area contributed by atoms with Crippen LogP contribution in [0.25, 0.3) is 0 Å². The molecule has 40 heavy (non-hydrogen) atoms. The number of hydrogen-bond donors (Lipinski definition) is 0. The van der Waals surface area contributed by atoms with E-state index in [9.17, 15) is 0 Å². The molecular formula is C30H31Cl2N5O3. The highest BCUT2D eigenvalue weighted by molar-refractivity contribution is 6.35. The number of anilines is 1. The summed E-state index contributed by atoms with van der Waals surface area (Å²) >= 11 is 12.7. The minimum atomic E-state index is -1.07. The maximum atomic E-state index is 6.57. The predicted octanol–water partition coefficient (Wildman–Crippen LogP) is 5.25. The Morgan fingerprint density at radius 3 is 2.55 bits per heavy atom. The topological polar surface area (TPSA) is 64.9 Å². The summed E-state index contributed by atoms with van der Waals surface area (Å²) in [6, 6.07) is 19.7. The number of imidazole rings is 1. The number of rotatable bonds is 9. The summed E-state index contributed by atoms with van der Waals surface area (Å²) in [5, 5.41) is 1.04. The van der Waals surface area contributed by atoms with Crippen molar-refractivity contribution in [2.75, 3.05) is 44.3 Å². The number of benzene rings is 2. The second kappa shape index (κ2) is 12.2. The maximum absolute atomic E-state index is 6.57. The highest BCUT2D eigenvalue weighted by Crippen LogP contribution is 2.40. The van der Waals surface area contributed by atoms with Crippen molar-refractivity contribution in [3.05, 3.63) is 107 Å². The number of piperazine rings is 1. The summed E-state index contributed by atoms with van der Waals surface area (Å²) in [6.07, 6.45) is 6.89. The van der Waals surface area contributed by atoms with Crippen LogP contribution in [0.3, 0.4) is 0 Å². The van der Waals surface area contributed by atoms with E-state index < -0.39 is 5.79 Å². The lowest BCUT2D eigenvalue weighted by atomic mass is 10.1. The lowest BCUT2D eigenvalue weighted by Gasteiger charge is -2.36. The minimum absolute atomic E-state index is 0.276. The molecule has 0 radical (unpaired) electrons. The van der Waals surface area contributed by atoms with Crippen molar-refractivity contribution in [2.24, 2.45) is 0 Å². The predicted molar refractivity (Wildman–Crippen MR) is 155 cm³/mol. The Balaban J connectivity index is 1.04. The molecule has 0 spiro atoms. The molecule has 0 unspecified atom stereocenters. The van der Waals surface area contributed by atoms with Crippen LogP contribution in [-0.2, 0) is 28.4 Å². The normalized spacial score (nSPS) is 21.6. The van der Waals surface area contributed by atoms with Crippen LogP contribution in [0.4, 0.5) is 5.69 Å². The molecule has 2 aliphatic rings. The van der Waals surface area contributed by atoms with Crippen LogP contribution in [0, 0.1) is 0 Å². The third kappa shape index (κ3) is 6.27. The van der Waals surface area contributed by atoms with Crippen LogP contribution in [0.1, 0.15) is 11.3 Å². The SMILES string of the molecule is Clc1ccc([C@]2(Cn3ccnc3)OC[C@@H](COc3ccc(N4CCN(Cc5ccccn5)CC4)cc3)O2)c(Cl)c1. The minimum Gasteiger partial charge on any atom is -0.491 e. The molecule has 10 heteroatoms. The molecule has 0 aliphatic carbocycles. The van der Waals surface area contributed by atoms with Crippen LogP contribution in [0.15, 0.2) is 85.6 Å². The molecule has 2 saturated heterocycles. The van der Waals surface area contributed by atoms with Gasteiger partial charge in [-0.25, -0.2) is 4.98 Å². The van der Waals surface area contributed by atoms with Gasteiger partial charge in [0.2, 0.25) is 5.79 Å². The van der Waals surface area contributed by atoms with Crippen molar-refractivity contribution in [1.82, 2.24) is 19.4 Å². The molecule has 2 aliphatic heterocycles. The van der Waals surface area contributed by atoms with Gasteiger partial charge in [0.1, 0.15) is 18.5 Å². The molecule has 2 atom stereocenters. The van der Waals surface area contributed by atoms with E-state index in [0.29, 0.717) is 29.8 Å². The Hall–Kier alpha value is -3.14. The lowest BCUT2D eigenvalue weighted by molar-refractivity contribution is -0.189. The number of ether oxygens (including phenoxy) is 3. The monoisotopic (exact) mass is 579 g/mol. The van der Waals surface area contributed by atoms with Gasteiger partial charge in [-0.3, -0.25) is 9.88 Å². The third-order valence-electron chi connectivity index (χ3n) is 7.27. The fraction of sp³-hybridized carbons (Fsp3) is 0.333. The first-order valence-electron chi connectivity index (χ1n) is 13.4. The van der Waals surface area contributed by atoms with Gasteiger partial charge in [-0.15, -0.1) is 0 Å². The van der Waals surface area contributed by atoms with E-state index in [2.05, 4.69) is 38.0 Å². The molecule has 208 valence electrons. The quantitative estimate of drug-likeness (QED) is 0.268. The van der Waals surface area contributed by atoms with Gasteiger partial charge < -0.3 is 23.7 Å². The molecule has 4 aromatic rings. The highest BCUT2D eigenvalue weighted by atomic mass is 35.5. The molecule has 2 aromatic heterocycles. The molecule has 0 bridgehead atoms. The Labute approximate surface area is 244 Å². The van der Waals surface area contributed by atoms with E-state index in [-0.39, 0.29) is 6.10 Å². The number of nitrogens with zero attached hydrogens (tertiary/aromatic N) is 5. The molecule has 8 nitrogen and oxygen atoms in total. The number of aromatic nitrogens is 3. The van der Waals surface area contributed by atoms with Crippen LogP contribution in [0.2, 0.25) is 10.0 Å². The first-order chi connectivity index (χ1) is 19.6. The van der Waals surface area contributed by atoms with Gasteiger partial charge in [-0.1, -0.05) is 35.3 Å². The van der Waals surface area contributed by atoms with E-state index in [1.807, 2.05) is 47.3 Å². The molecule has 0 N–H and O–H groups in total. The second-order valence-electron chi connectivity index (χ2n) is 10.1. The fourth-order valence-electron chi connectivity index (χ4n) is 5.20. The molecule has 6 rings (SSSR count). The summed E-state index contributed by atoms with van der Waals surface area (Å²) in [7, 11) is 0. The van der Waals surface area contributed by atoms with E-state index in [1.54, 1.807) is 24.7 Å². The van der Waals surface area contributed by atoms with E-state index in [4.69, 9.17) is 37.4 Å². The van der Waals surface area contributed by atoms with Crippen molar-refractivity contribution in [3.63, 3.8) is 0 Å². The van der Waals surface area contributed by atoms with Gasteiger partial charge in [0.05, 0.1) is 30.2 Å². The van der Waals surface area contributed by atoms with Crippen LogP contribution in [-0.4, -0.2) is 64.9 Å². The summed E-state index contributed by atoms with van der Waals surface area (Å²) in [6.45, 7) is 5.98. The molecule has 4 heterocycles. The molecule has 2 fully saturated rings. The van der Waals surface area contributed by atoms with Gasteiger partial charge in [0.15, 0.2) is 0 Å². The average Bonchev–Trinajstić information content (AvgIpc) is 3.64. The second-order valence-corrected chi connectivity index (χ2v) is 10.9. The summed E-state index contributed by atoms with van der Waals surface area (Å²) in [4.78, 5) is 13.5. The average molecular weight is 581 g/mol. The molecule has 0 saturated carbocycles. The molecule has 2 aromatic carbocycles. The Bertz CT molecular complexity index is 1380. The first kappa shape index (κ1) is 27.1. The standard InChI is InChI=1S/C30H31Cl2N5O3/c31-23-4-9-28(29(32)17-23)30(21-36-12-11-33-22-36)39-20-27(40-30)19-38-26-7-5-25(6-8-26)37-15-13-35(14-16-37)18-24-3-1-2-10-34-24/h1-12,17,22,27H,13-16,18-21H2/t27-,30-/m1/s1. The smallest absolute Gasteiger partial charge is 0.215 e. The van der Waals surface area contributed by atoms with Crippen LogP contribution < -0.4 is 9.64 Å². The van der Waals surface area contributed by atoms with Crippen molar-refractivity contribution in [1.29, 1.82) is 0 Å². The number of halogens is 2. The van der Waals surface area contributed by atoms with Crippen molar-refractivity contribution < 1.29 is 14.2 Å². The Kier molecular flexibility index (Phi) is 8.22. The zero-order chi connectivity index (χ0) is 27.4. The first-order valence-corrected chi connectivity index (χ1v) is 14.1. The summed E-state index contributed by atoms with van der Waals surface area (Å²) < 4.78 is 20.8. The van der Waals surface area contributed by atoms with Crippen LogP contribution >= 0.6 is 23.2 Å². The van der Waals surface area contributed by atoms with E-state index in [1.165, 1.54) is 5.69 Å². The lowest BCUT2D eigenvalue weighted by Crippen LogP contribution is -2.46. The summed E-state index contributed by atoms with van der Waals surface area (Å²) in [5.74, 6) is -0.281. The van der Waals surface area contributed by atoms with Gasteiger partial charge in [-0.2, -0.15) is 0 Å². The Morgan fingerprint density at radius 1 is 0.975 bits per heavy atom. The summed E-state index contributed by atoms with van der Waals surface area (Å²) in [5.41, 5.74) is 3.03. The van der Waals surface area contributed by atoms with E-state index >= 15 is 0 Å².